The van der Waals surface area contributed by atoms with E-state index in [2.05, 4.69) is 5.32 Å². The Bertz CT molecular complexity index is 475. The zero-order chi connectivity index (χ0) is 14.0. The predicted octanol–water partition coefficient (Wildman–Crippen LogP) is 3.88. The van der Waals surface area contributed by atoms with Gasteiger partial charge in [0.05, 0.1) is 26.3 Å². The fourth-order valence-corrected chi connectivity index (χ4v) is 2.72. The Labute approximate surface area is 121 Å². The van der Waals surface area contributed by atoms with Crippen LogP contribution >= 0.6 is 23.2 Å². The Kier molecular flexibility index (Phi) is 4.18. The number of nitrogens with zero attached hydrogens (tertiary/aromatic N) is 1. The van der Waals surface area contributed by atoms with Gasteiger partial charge in [-0.2, -0.15) is 0 Å². The summed E-state index contributed by atoms with van der Waals surface area (Å²) in [5.74, 6) is 0. The lowest BCUT2D eigenvalue weighted by Crippen LogP contribution is -2.45. The summed E-state index contributed by atoms with van der Waals surface area (Å²) in [7, 11) is 1.68. The first-order valence-electron chi connectivity index (χ1n) is 5.90. The summed E-state index contributed by atoms with van der Waals surface area (Å²) in [4.78, 5) is 10.2. The van der Waals surface area contributed by atoms with Gasteiger partial charge in [0, 0.05) is 25.8 Å². The Morgan fingerprint density at radius 3 is 2.37 bits per heavy atom. The van der Waals surface area contributed by atoms with Crippen LogP contribution in [0.3, 0.4) is 0 Å². The molecular weight excluding hydrogens is 291 g/mol. The number of non-ortho nitro benzene ring substituents is 1. The minimum atomic E-state index is -0.524. The molecule has 0 radical (unpaired) electrons. The smallest absolute Gasteiger partial charge is 0.272 e. The van der Waals surface area contributed by atoms with Crippen molar-refractivity contribution in [2.75, 3.05) is 19.0 Å². The third kappa shape index (κ3) is 2.94. The molecule has 1 aliphatic carbocycles. The van der Waals surface area contributed by atoms with Crippen LogP contribution in [0, 0.1) is 10.1 Å². The highest BCUT2D eigenvalue weighted by molar-refractivity contribution is 6.39. The molecule has 0 bridgehead atoms. The summed E-state index contributed by atoms with van der Waals surface area (Å²) in [6.07, 6.45) is 3.11. The summed E-state index contributed by atoms with van der Waals surface area (Å²) in [5, 5.41) is 14.3. The summed E-state index contributed by atoms with van der Waals surface area (Å²) in [5.41, 5.74) is 0.219. The Morgan fingerprint density at radius 2 is 2.00 bits per heavy atom. The number of nitro benzene ring substituents is 1. The lowest BCUT2D eigenvalue weighted by atomic mass is 9.80. The van der Waals surface area contributed by atoms with Gasteiger partial charge in [-0.25, -0.2) is 0 Å². The van der Waals surface area contributed by atoms with Gasteiger partial charge in [-0.3, -0.25) is 10.1 Å². The second kappa shape index (κ2) is 5.53. The molecule has 0 aliphatic heterocycles. The molecule has 104 valence electrons. The van der Waals surface area contributed by atoms with Crippen LogP contribution in [0.2, 0.25) is 10.0 Å². The van der Waals surface area contributed by atoms with Gasteiger partial charge in [0.2, 0.25) is 0 Å². The van der Waals surface area contributed by atoms with Crippen molar-refractivity contribution in [1.29, 1.82) is 0 Å². The molecule has 5 nitrogen and oxygen atoms in total. The number of benzene rings is 1. The summed E-state index contributed by atoms with van der Waals surface area (Å²) in [6.45, 7) is 0.584. The maximum absolute atomic E-state index is 10.7. The topological polar surface area (TPSA) is 64.4 Å². The Hall–Kier alpha value is -1.04. The van der Waals surface area contributed by atoms with E-state index in [0.717, 1.165) is 19.3 Å². The molecule has 0 atom stereocenters. The number of halogens is 2. The quantitative estimate of drug-likeness (QED) is 0.662. The van der Waals surface area contributed by atoms with Gasteiger partial charge in [-0.15, -0.1) is 0 Å². The third-order valence-electron chi connectivity index (χ3n) is 3.52. The lowest BCUT2D eigenvalue weighted by molar-refractivity contribution is -0.384. The van der Waals surface area contributed by atoms with Crippen molar-refractivity contribution in [3.05, 3.63) is 32.3 Å². The summed E-state index contributed by atoms with van der Waals surface area (Å²) < 4.78 is 5.48. The van der Waals surface area contributed by atoms with Crippen LogP contribution in [0.1, 0.15) is 19.3 Å². The molecule has 0 amide bonds. The van der Waals surface area contributed by atoms with Crippen molar-refractivity contribution >= 4 is 34.6 Å². The van der Waals surface area contributed by atoms with E-state index < -0.39 is 4.92 Å². The highest BCUT2D eigenvalue weighted by Gasteiger charge is 2.37. The van der Waals surface area contributed by atoms with Crippen LogP contribution in [0.4, 0.5) is 11.4 Å². The number of anilines is 1. The van der Waals surface area contributed by atoms with E-state index in [9.17, 15) is 10.1 Å². The molecule has 1 N–H and O–H groups in total. The minimum absolute atomic E-state index is 0.120. The molecule has 0 spiro atoms. The van der Waals surface area contributed by atoms with Gasteiger partial charge in [-0.05, 0) is 19.3 Å². The van der Waals surface area contributed by atoms with Gasteiger partial charge >= 0.3 is 0 Å². The van der Waals surface area contributed by atoms with Crippen molar-refractivity contribution in [2.24, 2.45) is 0 Å². The first-order chi connectivity index (χ1) is 8.97. The van der Waals surface area contributed by atoms with E-state index >= 15 is 0 Å². The molecule has 1 aliphatic rings. The van der Waals surface area contributed by atoms with Crippen molar-refractivity contribution in [3.8, 4) is 0 Å². The average molecular weight is 305 g/mol. The zero-order valence-corrected chi connectivity index (χ0v) is 11.9. The molecule has 7 heteroatoms. The normalized spacial score (nSPS) is 16.8. The van der Waals surface area contributed by atoms with Crippen molar-refractivity contribution in [2.45, 2.75) is 24.9 Å². The molecule has 1 aromatic carbocycles. The second-order valence-electron chi connectivity index (χ2n) is 4.64. The van der Waals surface area contributed by atoms with E-state index in [-0.39, 0.29) is 21.3 Å². The van der Waals surface area contributed by atoms with Crippen LogP contribution in [0.5, 0.6) is 0 Å². The predicted molar refractivity (Wildman–Crippen MR) is 75.2 cm³/mol. The average Bonchev–Trinajstić information content (AvgIpc) is 2.30. The van der Waals surface area contributed by atoms with Crippen LogP contribution in [0.15, 0.2) is 12.1 Å². The third-order valence-corrected chi connectivity index (χ3v) is 4.12. The Morgan fingerprint density at radius 1 is 1.42 bits per heavy atom. The molecular formula is C12H14Cl2N2O3. The van der Waals surface area contributed by atoms with Crippen molar-refractivity contribution in [1.82, 2.24) is 0 Å². The van der Waals surface area contributed by atoms with E-state index in [1.807, 2.05) is 0 Å². The SMILES string of the molecule is COC1(CNc2c(Cl)cc([N+](=O)[O-])cc2Cl)CCC1. The fraction of sp³-hybridized carbons (Fsp3) is 0.500. The number of rotatable bonds is 5. The van der Waals surface area contributed by atoms with Crippen LogP contribution < -0.4 is 5.32 Å². The monoisotopic (exact) mass is 304 g/mol. The number of methoxy groups -OCH3 is 1. The number of hydrogen-bond acceptors (Lipinski definition) is 4. The van der Waals surface area contributed by atoms with Gasteiger partial charge in [0.15, 0.2) is 0 Å². The van der Waals surface area contributed by atoms with E-state index in [4.69, 9.17) is 27.9 Å². The molecule has 0 aromatic heterocycles. The fourth-order valence-electron chi connectivity index (χ4n) is 2.11. The summed E-state index contributed by atoms with van der Waals surface area (Å²) >= 11 is 12.0. The first kappa shape index (κ1) is 14.4. The van der Waals surface area contributed by atoms with Crippen molar-refractivity contribution < 1.29 is 9.66 Å². The molecule has 1 aromatic rings. The number of nitrogens with one attached hydrogen (secondary N) is 1. The zero-order valence-electron chi connectivity index (χ0n) is 10.4. The highest BCUT2D eigenvalue weighted by Crippen LogP contribution is 2.38. The molecule has 1 saturated carbocycles. The van der Waals surface area contributed by atoms with Crippen LogP contribution in [0.25, 0.3) is 0 Å². The summed E-state index contributed by atoms with van der Waals surface area (Å²) in [6, 6.07) is 2.58. The van der Waals surface area contributed by atoms with Crippen LogP contribution in [-0.4, -0.2) is 24.2 Å². The minimum Gasteiger partial charge on any atom is -0.380 e. The van der Waals surface area contributed by atoms with Gasteiger partial charge < -0.3 is 10.1 Å². The van der Waals surface area contributed by atoms with Gasteiger partial charge in [-0.1, -0.05) is 23.2 Å². The van der Waals surface area contributed by atoms with E-state index in [0.29, 0.717) is 12.2 Å². The number of nitro groups is 1. The largest absolute Gasteiger partial charge is 0.380 e. The molecule has 19 heavy (non-hydrogen) atoms. The standard InChI is InChI=1S/C12H14Cl2N2O3/c1-19-12(3-2-4-12)7-15-11-9(13)5-8(16(17)18)6-10(11)14/h5-6,15H,2-4,7H2,1H3. The molecule has 0 unspecified atom stereocenters. The molecule has 0 heterocycles. The van der Waals surface area contributed by atoms with E-state index in [1.165, 1.54) is 12.1 Å². The lowest BCUT2D eigenvalue weighted by Gasteiger charge is -2.40. The molecule has 2 rings (SSSR count). The van der Waals surface area contributed by atoms with E-state index in [1.54, 1.807) is 7.11 Å². The van der Waals surface area contributed by atoms with Gasteiger partial charge in [0.1, 0.15) is 0 Å². The van der Waals surface area contributed by atoms with Crippen molar-refractivity contribution in [3.63, 3.8) is 0 Å². The number of hydrogen-bond donors (Lipinski definition) is 1. The highest BCUT2D eigenvalue weighted by atomic mass is 35.5. The van der Waals surface area contributed by atoms with Crippen LogP contribution in [-0.2, 0) is 4.74 Å². The molecule has 0 saturated heterocycles. The first-order valence-corrected chi connectivity index (χ1v) is 6.65. The maximum Gasteiger partial charge on any atom is 0.272 e. The maximum atomic E-state index is 10.7. The second-order valence-corrected chi connectivity index (χ2v) is 5.45. The Balaban J connectivity index is 2.14. The van der Waals surface area contributed by atoms with Gasteiger partial charge in [0.25, 0.3) is 5.69 Å². The molecule has 1 fully saturated rings. The number of ether oxygens (including phenoxy) is 1.